The number of fused-ring (bicyclic) bond motifs is 1. The molecule has 0 unspecified atom stereocenters. The SMILES string of the molecule is CNCCC1CCN(C(=O)c2cc(-c3cccs3)nc3ccccc23)CC1. The third kappa shape index (κ3) is 3.89. The number of likely N-dealkylation sites (tertiary alicyclic amines) is 1. The molecule has 1 N–H and O–H groups in total. The molecule has 27 heavy (non-hydrogen) atoms. The minimum Gasteiger partial charge on any atom is -0.339 e. The Morgan fingerprint density at radius 1 is 1.22 bits per heavy atom. The molecule has 0 radical (unpaired) electrons. The van der Waals surface area contributed by atoms with Crippen molar-refractivity contribution in [1.29, 1.82) is 0 Å². The number of hydrogen-bond donors (Lipinski definition) is 1. The Hall–Kier alpha value is -2.24. The second-order valence-electron chi connectivity index (χ2n) is 7.18. The van der Waals surface area contributed by atoms with Crippen molar-refractivity contribution in [3.8, 4) is 10.6 Å². The van der Waals surface area contributed by atoms with Crippen molar-refractivity contribution in [2.24, 2.45) is 5.92 Å². The first-order chi connectivity index (χ1) is 13.3. The minimum absolute atomic E-state index is 0.137. The summed E-state index contributed by atoms with van der Waals surface area (Å²) in [6.07, 6.45) is 3.38. The Bertz CT molecular complexity index is 914. The fourth-order valence-electron chi connectivity index (χ4n) is 3.85. The number of rotatable bonds is 5. The highest BCUT2D eigenvalue weighted by Gasteiger charge is 2.25. The van der Waals surface area contributed by atoms with Gasteiger partial charge in [-0.05, 0) is 62.4 Å². The molecule has 3 heterocycles. The molecule has 4 nitrogen and oxygen atoms in total. The van der Waals surface area contributed by atoms with Gasteiger partial charge in [0, 0.05) is 18.5 Å². The molecular formula is C22H25N3OS. The zero-order valence-corrected chi connectivity index (χ0v) is 16.5. The summed E-state index contributed by atoms with van der Waals surface area (Å²) < 4.78 is 0. The van der Waals surface area contributed by atoms with Crippen molar-refractivity contribution in [1.82, 2.24) is 15.2 Å². The normalized spacial score (nSPS) is 15.4. The van der Waals surface area contributed by atoms with Crippen LogP contribution in [0.15, 0.2) is 47.8 Å². The van der Waals surface area contributed by atoms with Crippen LogP contribution in [0.1, 0.15) is 29.6 Å². The Labute approximate surface area is 164 Å². The van der Waals surface area contributed by atoms with E-state index in [2.05, 4.69) is 11.4 Å². The number of nitrogens with one attached hydrogen (secondary N) is 1. The van der Waals surface area contributed by atoms with E-state index >= 15 is 0 Å². The summed E-state index contributed by atoms with van der Waals surface area (Å²) in [6, 6.07) is 14.0. The average molecular weight is 380 g/mol. The van der Waals surface area contributed by atoms with Crippen LogP contribution in [0.3, 0.4) is 0 Å². The van der Waals surface area contributed by atoms with E-state index in [-0.39, 0.29) is 5.91 Å². The Kier molecular flexibility index (Phi) is 5.50. The zero-order chi connectivity index (χ0) is 18.6. The number of hydrogen-bond acceptors (Lipinski definition) is 4. The van der Waals surface area contributed by atoms with E-state index in [0.29, 0.717) is 0 Å². The molecule has 0 atom stereocenters. The maximum atomic E-state index is 13.3. The van der Waals surface area contributed by atoms with Gasteiger partial charge in [0.1, 0.15) is 0 Å². The lowest BCUT2D eigenvalue weighted by atomic mass is 9.93. The predicted molar refractivity (Wildman–Crippen MR) is 112 cm³/mol. The van der Waals surface area contributed by atoms with Gasteiger partial charge in [-0.15, -0.1) is 11.3 Å². The summed E-state index contributed by atoms with van der Waals surface area (Å²) in [7, 11) is 2.00. The fourth-order valence-corrected chi connectivity index (χ4v) is 4.53. The average Bonchev–Trinajstić information content (AvgIpc) is 3.26. The lowest BCUT2D eigenvalue weighted by Crippen LogP contribution is -2.39. The number of amides is 1. The molecule has 0 aliphatic carbocycles. The first kappa shape index (κ1) is 18.1. The molecule has 4 rings (SSSR count). The highest BCUT2D eigenvalue weighted by atomic mass is 32.1. The molecule has 0 saturated carbocycles. The second kappa shape index (κ2) is 8.19. The van der Waals surface area contributed by atoms with E-state index in [9.17, 15) is 4.79 Å². The highest BCUT2D eigenvalue weighted by molar-refractivity contribution is 7.13. The highest BCUT2D eigenvalue weighted by Crippen LogP contribution is 2.29. The van der Waals surface area contributed by atoms with Crippen LogP contribution < -0.4 is 5.32 Å². The molecule has 1 saturated heterocycles. The van der Waals surface area contributed by atoms with Gasteiger partial charge in [-0.2, -0.15) is 0 Å². The summed E-state index contributed by atoms with van der Waals surface area (Å²) in [5, 5.41) is 6.22. The Morgan fingerprint density at radius 3 is 2.78 bits per heavy atom. The number of pyridine rings is 1. The van der Waals surface area contributed by atoms with E-state index in [1.54, 1.807) is 11.3 Å². The number of aromatic nitrogens is 1. The standard InChI is InChI=1S/C22H25N3OS/c1-23-11-8-16-9-12-25(13-10-16)22(26)18-15-20(21-7-4-14-27-21)24-19-6-3-2-5-17(18)19/h2-7,14-16,23H,8-13H2,1H3. The van der Waals surface area contributed by atoms with E-state index < -0.39 is 0 Å². The van der Waals surface area contributed by atoms with Gasteiger partial charge in [0.05, 0.1) is 21.7 Å². The van der Waals surface area contributed by atoms with Gasteiger partial charge in [-0.3, -0.25) is 4.79 Å². The van der Waals surface area contributed by atoms with Crippen LogP contribution in [0.25, 0.3) is 21.5 Å². The summed E-state index contributed by atoms with van der Waals surface area (Å²) in [6.45, 7) is 2.74. The van der Waals surface area contributed by atoms with Crippen molar-refractivity contribution in [3.05, 3.63) is 53.4 Å². The van der Waals surface area contributed by atoms with Crippen molar-refractivity contribution >= 4 is 28.1 Å². The van der Waals surface area contributed by atoms with Crippen LogP contribution in [0.2, 0.25) is 0 Å². The Balaban J connectivity index is 1.62. The lowest BCUT2D eigenvalue weighted by Gasteiger charge is -2.32. The van der Waals surface area contributed by atoms with Crippen LogP contribution in [-0.2, 0) is 0 Å². The van der Waals surface area contributed by atoms with E-state index in [4.69, 9.17) is 4.98 Å². The lowest BCUT2D eigenvalue weighted by molar-refractivity contribution is 0.0689. The van der Waals surface area contributed by atoms with Crippen LogP contribution in [-0.4, -0.2) is 42.5 Å². The molecule has 0 spiro atoms. The van der Waals surface area contributed by atoms with E-state index in [1.807, 2.05) is 53.7 Å². The second-order valence-corrected chi connectivity index (χ2v) is 8.13. The number of para-hydroxylation sites is 1. The number of carbonyl (C=O) groups excluding carboxylic acids is 1. The van der Waals surface area contributed by atoms with Gasteiger partial charge in [-0.25, -0.2) is 4.98 Å². The molecule has 1 aromatic carbocycles. The minimum atomic E-state index is 0.137. The zero-order valence-electron chi connectivity index (χ0n) is 15.6. The molecular weight excluding hydrogens is 354 g/mol. The predicted octanol–water partition coefficient (Wildman–Crippen LogP) is 4.43. The van der Waals surface area contributed by atoms with Gasteiger partial charge in [-0.1, -0.05) is 24.3 Å². The van der Waals surface area contributed by atoms with Crippen LogP contribution in [0.5, 0.6) is 0 Å². The largest absolute Gasteiger partial charge is 0.339 e. The maximum absolute atomic E-state index is 13.3. The van der Waals surface area contributed by atoms with Gasteiger partial charge < -0.3 is 10.2 Å². The van der Waals surface area contributed by atoms with Gasteiger partial charge in [0.15, 0.2) is 0 Å². The van der Waals surface area contributed by atoms with Crippen LogP contribution in [0.4, 0.5) is 0 Å². The van der Waals surface area contributed by atoms with E-state index in [1.165, 1.54) is 6.42 Å². The monoisotopic (exact) mass is 379 g/mol. The maximum Gasteiger partial charge on any atom is 0.254 e. The number of benzene rings is 1. The number of thiophene rings is 1. The molecule has 140 valence electrons. The third-order valence-electron chi connectivity index (χ3n) is 5.42. The summed E-state index contributed by atoms with van der Waals surface area (Å²) in [4.78, 5) is 21.3. The van der Waals surface area contributed by atoms with Crippen LogP contribution >= 0.6 is 11.3 Å². The molecule has 1 amide bonds. The summed E-state index contributed by atoms with van der Waals surface area (Å²) in [5.74, 6) is 0.857. The fraction of sp³-hybridized carbons (Fsp3) is 0.364. The third-order valence-corrected chi connectivity index (χ3v) is 6.32. The van der Waals surface area contributed by atoms with Crippen molar-refractivity contribution in [2.75, 3.05) is 26.7 Å². The van der Waals surface area contributed by atoms with Crippen molar-refractivity contribution in [2.45, 2.75) is 19.3 Å². The smallest absolute Gasteiger partial charge is 0.254 e. The molecule has 1 aliphatic heterocycles. The molecule has 1 fully saturated rings. The molecule has 2 aromatic heterocycles. The van der Waals surface area contributed by atoms with Gasteiger partial charge >= 0.3 is 0 Å². The first-order valence-electron chi connectivity index (χ1n) is 9.64. The molecule has 3 aromatic rings. The molecule has 1 aliphatic rings. The number of piperidine rings is 1. The summed E-state index contributed by atoms with van der Waals surface area (Å²) in [5.41, 5.74) is 2.55. The van der Waals surface area contributed by atoms with Crippen molar-refractivity contribution in [3.63, 3.8) is 0 Å². The van der Waals surface area contributed by atoms with Crippen LogP contribution in [0, 0.1) is 5.92 Å². The number of carbonyl (C=O) groups is 1. The molecule has 5 heteroatoms. The number of nitrogens with zero attached hydrogens (tertiary/aromatic N) is 2. The molecule has 0 bridgehead atoms. The van der Waals surface area contributed by atoms with Crippen molar-refractivity contribution < 1.29 is 4.79 Å². The van der Waals surface area contributed by atoms with Gasteiger partial charge in [0.2, 0.25) is 0 Å². The van der Waals surface area contributed by atoms with Gasteiger partial charge in [0.25, 0.3) is 5.91 Å². The Morgan fingerprint density at radius 2 is 2.04 bits per heavy atom. The summed E-state index contributed by atoms with van der Waals surface area (Å²) >= 11 is 1.66. The topological polar surface area (TPSA) is 45.2 Å². The first-order valence-corrected chi connectivity index (χ1v) is 10.5. The van der Waals surface area contributed by atoms with E-state index in [0.717, 1.165) is 65.4 Å². The quantitative estimate of drug-likeness (QED) is 0.713.